The molecular formula is C11H21NOS. The zero-order chi connectivity index (χ0) is 11.0. The first-order valence-electron chi connectivity index (χ1n) is 5.15. The average molecular weight is 215 g/mol. The van der Waals surface area contributed by atoms with E-state index < -0.39 is 0 Å². The second-order valence-electron chi connectivity index (χ2n) is 3.02. The van der Waals surface area contributed by atoms with Crippen LogP contribution in [0, 0.1) is 0 Å². The summed E-state index contributed by atoms with van der Waals surface area (Å²) in [6.07, 6.45) is 1.68. The van der Waals surface area contributed by atoms with Gasteiger partial charge in [0.1, 0.15) is 0 Å². The predicted octanol–water partition coefficient (Wildman–Crippen LogP) is 2.20. The Kier molecular flexibility index (Phi) is 7.76. The molecule has 1 heterocycles. The summed E-state index contributed by atoms with van der Waals surface area (Å²) in [7, 11) is 0. The van der Waals surface area contributed by atoms with Crippen LogP contribution in [-0.2, 0) is 12.8 Å². The van der Waals surface area contributed by atoms with Gasteiger partial charge < -0.3 is 10.8 Å². The molecule has 2 nitrogen and oxygen atoms in total. The van der Waals surface area contributed by atoms with E-state index in [9.17, 15) is 0 Å². The standard InChI is InChI=1S/C9H15NOS.C2H6/c1-7(10)6-8-3-5-12-9(8)2-4-11;1-2/h3,5,7,11H,2,4,6,10H2,1H3;1-2H3. The van der Waals surface area contributed by atoms with E-state index in [1.165, 1.54) is 10.4 Å². The van der Waals surface area contributed by atoms with Crippen molar-refractivity contribution in [3.05, 3.63) is 21.9 Å². The quantitative estimate of drug-likeness (QED) is 0.809. The van der Waals surface area contributed by atoms with Crippen LogP contribution in [0.4, 0.5) is 0 Å². The van der Waals surface area contributed by atoms with E-state index in [0.717, 1.165) is 12.8 Å². The zero-order valence-electron chi connectivity index (χ0n) is 9.29. The molecule has 1 aromatic rings. The lowest BCUT2D eigenvalue weighted by atomic mass is 10.1. The number of hydrogen-bond acceptors (Lipinski definition) is 3. The average Bonchev–Trinajstić information content (AvgIpc) is 2.56. The molecule has 0 aromatic carbocycles. The topological polar surface area (TPSA) is 46.2 Å². The van der Waals surface area contributed by atoms with Gasteiger partial charge in [-0.3, -0.25) is 0 Å². The summed E-state index contributed by atoms with van der Waals surface area (Å²) in [5.74, 6) is 0. The number of rotatable bonds is 4. The van der Waals surface area contributed by atoms with E-state index in [2.05, 4.69) is 11.4 Å². The molecule has 0 saturated carbocycles. The highest BCUT2D eigenvalue weighted by atomic mass is 32.1. The van der Waals surface area contributed by atoms with E-state index >= 15 is 0 Å². The summed E-state index contributed by atoms with van der Waals surface area (Å²) in [4.78, 5) is 1.27. The van der Waals surface area contributed by atoms with Crippen LogP contribution in [0.2, 0.25) is 0 Å². The lowest BCUT2D eigenvalue weighted by Crippen LogP contribution is -2.18. The van der Waals surface area contributed by atoms with Gasteiger partial charge in [-0.25, -0.2) is 0 Å². The van der Waals surface area contributed by atoms with Gasteiger partial charge in [0.15, 0.2) is 0 Å². The molecule has 0 aliphatic heterocycles. The molecule has 0 aliphatic carbocycles. The molecule has 1 aromatic heterocycles. The highest BCUT2D eigenvalue weighted by Crippen LogP contribution is 2.18. The third kappa shape index (κ3) is 4.74. The van der Waals surface area contributed by atoms with Crippen molar-refractivity contribution in [1.82, 2.24) is 0 Å². The van der Waals surface area contributed by atoms with E-state index in [4.69, 9.17) is 10.8 Å². The minimum Gasteiger partial charge on any atom is -0.396 e. The Bertz CT molecular complexity index is 233. The van der Waals surface area contributed by atoms with Crippen molar-refractivity contribution >= 4 is 11.3 Å². The van der Waals surface area contributed by atoms with Crippen molar-refractivity contribution in [3.63, 3.8) is 0 Å². The van der Waals surface area contributed by atoms with Crippen LogP contribution in [-0.4, -0.2) is 17.8 Å². The third-order valence-corrected chi connectivity index (χ3v) is 2.74. The van der Waals surface area contributed by atoms with Crippen LogP contribution < -0.4 is 5.73 Å². The summed E-state index contributed by atoms with van der Waals surface area (Å²) in [5, 5.41) is 10.8. The van der Waals surface area contributed by atoms with E-state index in [1.807, 2.05) is 20.8 Å². The maximum absolute atomic E-state index is 8.77. The van der Waals surface area contributed by atoms with Gasteiger partial charge in [-0.05, 0) is 30.4 Å². The second kappa shape index (κ2) is 7.97. The molecule has 0 fully saturated rings. The Hall–Kier alpha value is -0.380. The minimum atomic E-state index is 0.206. The molecule has 14 heavy (non-hydrogen) atoms. The molecule has 3 N–H and O–H groups in total. The summed E-state index contributed by atoms with van der Waals surface area (Å²) >= 11 is 1.70. The first kappa shape index (κ1) is 13.6. The highest BCUT2D eigenvalue weighted by molar-refractivity contribution is 7.10. The van der Waals surface area contributed by atoms with Gasteiger partial charge in [-0.15, -0.1) is 11.3 Å². The van der Waals surface area contributed by atoms with E-state index in [0.29, 0.717) is 0 Å². The van der Waals surface area contributed by atoms with Crippen LogP contribution in [0.5, 0.6) is 0 Å². The van der Waals surface area contributed by atoms with Gasteiger partial charge >= 0.3 is 0 Å². The van der Waals surface area contributed by atoms with Gasteiger partial charge in [-0.2, -0.15) is 0 Å². The molecule has 0 spiro atoms. The van der Waals surface area contributed by atoms with Crippen LogP contribution in [0.3, 0.4) is 0 Å². The Labute approximate surface area is 90.8 Å². The molecule has 1 unspecified atom stereocenters. The fourth-order valence-corrected chi connectivity index (χ4v) is 2.13. The molecule has 1 rings (SSSR count). The number of aliphatic hydroxyl groups excluding tert-OH is 1. The van der Waals surface area contributed by atoms with Gasteiger partial charge in [0.25, 0.3) is 0 Å². The van der Waals surface area contributed by atoms with E-state index in [1.54, 1.807) is 11.3 Å². The summed E-state index contributed by atoms with van der Waals surface area (Å²) in [6, 6.07) is 2.30. The lowest BCUT2D eigenvalue weighted by molar-refractivity contribution is 0.300. The Balaban J connectivity index is 0.000000791. The van der Waals surface area contributed by atoms with E-state index in [-0.39, 0.29) is 12.6 Å². The van der Waals surface area contributed by atoms with Crippen molar-refractivity contribution < 1.29 is 5.11 Å². The van der Waals surface area contributed by atoms with Gasteiger partial charge in [0.05, 0.1) is 0 Å². The Morgan fingerprint density at radius 1 is 1.50 bits per heavy atom. The van der Waals surface area contributed by atoms with Crippen molar-refractivity contribution in [2.75, 3.05) is 6.61 Å². The molecule has 3 heteroatoms. The molecule has 0 bridgehead atoms. The number of hydrogen-bond donors (Lipinski definition) is 2. The fourth-order valence-electron chi connectivity index (χ4n) is 1.22. The van der Waals surface area contributed by atoms with Crippen LogP contribution in [0.1, 0.15) is 31.2 Å². The molecule has 0 radical (unpaired) electrons. The predicted molar refractivity (Wildman–Crippen MR) is 63.8 cm³/mol. The summed E-state index contributed by atoms with van der Waals surface area (Å²) in [6.45, 7) is 6.23. The fraction of sp³-hybridized carbons (Fsp3) is 0.636. The van der Waals surface area contributed by atoms with Crippen molar-refractivity contribution in [2.45, 2.75) is 39.7 Å². The van der Waals surface area contributed by atoms with Crippen LogP contribution in [0.25, 0.3) is 0 Å². The maximum atomic E-state index is 8.77. The zero-order valence-corrected chi connectivity index (χ0v) is 10.1. The van der Waals surface area contributed by atoms with Gasteiger partial charge in [-0.1, -0.05) is 13.8 Å². The molecule has 0 aliphatic rings. The van der Waals surface area contributed by atoms with Crippen molar-refractivity contribution in [3.8, 4) is 0 Å². The largest absolute Gasteiger partial charge is 0.396 e. The first-order chi connectivity index (χ1) is 6.74. The molecule has 82 valence electrons. The normalized spacial score (nSPS) is 11.8. The number of thiophene rings is 1. The van der Waals surface area contributed by atoms with Gasteiger partial charge in [0.2, 0.25) is 0 Å². The molecule has 0 amide bonds. The van der Waals surface area contributed by atoms with Crippen LogP contribution in [0.15, 0.2) is 11.4 Å². The number of nitrogens with two attached hydrogens (primary N) is 1. The Morgan fingerprint density at radius 3 is 2.64 bits per heavy atom. The lowest BCUT2D eigenvalue weighted by Gasteiger charge is -2.04. The maximum Gasteiger partial charge on any atom is 0.0479 e. The Morgan fingerprint density at radius 2 is 2.14 bits per heavy atom. The van der Waals surface area contributed by atoms with Gasteiger partial charge in [0, 0.05) is 23.9 Å². The second-order valence-corrected chi connectivity index (χ2v) is 4.02. The molecule has 1 atom stereocenters. The summed E-state index contributed by atoms with van der Waals surface area (Å²) < 4.78 is 0. The van der Waals surface area contributed by atoms with Crippen molar-refractivity contribution in [2.24, 2.45) is 5.73 Å². The number of aliphatic hydroxyl groups is 1. The summed E-state index contributed by atoms with van der Waals surface area (Å²) in [5.41, 5.74) is 6.99. The first-order valence-corrected chi connectivity index (χ1v) is 6.03. The van der Waals surface area contributed by atoms with Crippen molar-refractivity contribution in [1.29, 1.82) is 0 Å². The monoisotopic (exact) mass is 215 g/mol. The minimum absolute atomic E-state index is 0.206. The third-order valence-electron chi connectivity index (χ3n) is 1.72. The molecular weight excluding hydrogens is 194 g/mol. The molecule has 0 saturated heterocycles. The SMILES string of the molecule is CC.CC(N)Cc1ccsc1CCO. The smallest absolute Gasteiger partial charge is 0.0479 e. The highest BCUT2D eigenvalue weighted by Gasteiger charge is 2.05. The van der Waals surface area contributed by atoms with Crippen LogP contribution >= 0.6 is 11.3 Å².